The van der Waals surface area contributed by atoms with E-state index >= 15 is 0 Å². The first-order valence-electron chi connectivity index (χ1n) is 6.05. The van der Waals surface area contributed by atoms with Gasteiger partial charge in [0, 0.05) is 30.6 Å². The van der Waals surface area contributed by atoms with Crippen molar-refractivity contribution >= 4 is 21.8 Å². The molecule has 1 aliphatic heterocycles. The number of sulfonamides is 1. The Hall–Kier alpha value is -0.630. The highest BCUT2D eigenvalue weighted by Gasteiger charge is 2.32. The summed E-state index contributed by atoms with van der Waals surface area (Å²) < 4.78 is 40.0. The van der Waals surface area contributed by atoms with Crippen molar-refractivity contribution in [3.8, 4) is 0 Å². The third-order valence-electron chi connectivity index (χ3n) is 3.14. The topological polar surface area (TPSA) is 63.4 Å². The van der Waals surface area contributed by atoms with Crippen molar-refractivity contribution in [1.82, 2.24) is 4.31 Å². The second-order valence-corrected chi connectivity index (χ2v) is 7.50. The molecule has 0 amide bonds. The molecule has 1 aromatic carbocycles. The number of rotatable bonds is 3. The third kappa shape index (κ3) is 2.94. The largest absolute Gasteiger partial charge is 0.326 e. The molecule has 7 heteroatoms. The molecule has 1 heterocycles. The lowest BCUT2D eigenvalue weighted by molar-refractivity contribution is 0.367. The Morgan fingerprint density at radius 2 is 2.26 bits per heavy atom. The highest BCUT2D eigenvalue weighted by molar-refractivity contribution is 7.99. The second-order valence-electron chi connectivity index (χ2n) is 4.50. The zero-order valence-electron chi connectivity index (χ0n) is 10.7. The van der Waals surface area contributed by atoms with E-state index in [0.717, 1.165) is 17.6 Å². The van der Waals surface area contributed by atoms with Crippen molar-refractivity contribution in [2.75, 3.05) is 18.1 Å². The van der Waals surface area contributed by atoms with E-state index in [9.17, 15) is 12.8 Å². The minimum atomic E-state index is -3.68. The molecule has 2 N–H and O–H groups in total. The number of halogens is 1. The first-order chi connectivity index (χ1) is 8.96. The molecule has 2 rings (SSSR count). The van der Waals surface area contributed by atoms with Crippen LogP contribution >= 0.6 is 11.8 Å². The third-order valence-corrected chi connectivity index (χ3v) is 6.43. The van der Waals surface area contributed by atoms with E-state index in [1.165, 1.54) is 16.4 Å². The van der Waals surface area contributed by atoms with Gasteiger partial charge in [-0.15, -0.1) is 0 Å². The molecule has 0 aliphatic carbocycles. The molecule has 1 saturated heterocycles. The van der Waals surface area contributed by atoms with E-state index in [4.69, 9.17) is 5.73 Å². The van der Waals surface area contributed by atoms with Gasteiger partial charge < -0.3 is 5.73 Å². The van der Waals surface area contributed by atoms with Gasteiger partial charge in [0.1, 0.15) is 5.82 Å². The Labute approximate surface area is 117 Å². The normalized spacial score (nSPS) is 21.5. The van der Waals surface area contributed by atoms with E-state index in [1.807, 2.05) is 6.92 Å². The molecule has 4 nitrogen and oxygen atoms in total. The maximum Gasteiger partial charge on any atom is 0.243 e. The summed E-state index contributed by atoms with van der Waals surface area (Å²) in [6.07, 6.45) is 0. The van der Waals surface area contributed by atoms with Crippen LogP contribution in [0.5, 0.6) is 0 Å². The van der Waals surface area contributed by atoms with Crippen LogP contribution in [0.2, 0.25) is 0 Å². The average molecular weight is 304 g/mol. The molecule has 19 heavy (non-hydrogen) atoms. The van der Waals surface area contributed by atoms with Gasteiger partial charge >= 0.3 is 0 Å². The molecule has 1 atom stereocenters. The molecule has 0 radical (unpaired) electrons. The van der Waals surface area contributed by atoms with Gasteiger partial charge in [-0.25, -0.2) is 12.8 Å². The molecule has 0 saturated carbocycles. The molecule has 106 valence electrons. The van der Waals surface area contributed by atoms with Gasteiger partial charge in [-0.1, -0.05) is 6.07 Å². The predicted octanol–water partition coefficient (Wildman–Crippen LogP) is 1.41. The van der Waals surface area contributed by atoms with Crippen LogP contribution in [0, 0.1) is 5.82 Å². The summed E-state index contributed by atoms with van der Waals surface area (Å²) in [6.45, 7) is 2.39. The summed E-state index contributed by atoms with van der Waals surface area (Å²) in [7, 11) is -3.68. The number of hydrogen-bond donors (Lipinski definition) is 1. The van der Waals surface area contributed by atoms with Crippen LogP contribution in [0.15, 0.2) is 23.1 Å². The molecule has 1 aromatic rings. The van der Waals surface area contributed by atoms with Gasteiger partial charge in [0.15, 0.2) is 0 Å². The molecular formula is C12H17FN2O2S2. The number of hydrogen-bond acceptors (Lipinski definition) is 4. The number of nitrogens with two attached hydrogens (primary N) is 1. The van der Waals surface area contributed by atoms with Crippen LogP contribution in [0.25, 0.3) is 0 Å². The fourth-order valence-corrected chi connectivity index (χ4v) is 5.23. The minimum absolute atomic E-state index is 0.00579. The van der Waals surface area contributed by atoms with Crippen molar-refractivity contribution < 1.29 is 12.8 Å². The minimum Gasteiger partial charge on any atom is -0.326 e. The van der Waals surface area contributed by atoms with Crippen LogP contribution in [-0.4, -0.2) is 36.8 Å². The zero-order valence-corrected chi connectivity index (χ0v) is 12.3. The lowest BCUT2D eigenvalue weighted by Gasteiger charge is -2.32. The Morgan fingerprint density at radius 3 is 2.89 bits per heavy atom. The van der Waals surface area contributed by atoms with Gasteiger partial charge in [0.2, 0.25) is 10.0 Å². The van der Waals surface area contributed by atoms with Crippen molar-refractivity contribution in [3.63, 3.8) is 0 Å². The van der Waals surface area contributed by atoms with E-state index in [0.29, 0.717) is 12.1 Å². The van der Waals surface area contributed by atoms with E-state index in [2.05, 4.69) is 0 Å². The first-order valence-corrected chi connectivity index (χ1v) is 8.64. The molecule has 0 bridgehead atoms. The molecular weight excluding hydrogens is 287 g/mol. The molecule has 1 fully saturated rings. The van der Waals surface area contributed by atoms with Crippen LogP contribution in [0.3, 0.4) is 0 Å². The average Bonchev–Trinajstić information content (AvgIpc) is 2.39. The Bertz CT molecular complexity index is 563. The number of thioether (sulfide) groups is 1. The van der Waals surface area contributed by atoms with E-state index < -0.39 is 15.8 Å². The van der Waals surface area contributed by atoms with Crippen molar-refractivity contribution in [3.05, 3.63) is 29.6 Å². The number of benzene rings is 1. The fourth-order valence-electron chi connectivity index (χ4n) is 2.13. The van der Waals surface area contributed by atoms with E-state index in [1.54, 1.807) is 11.8 Å². The summed E-state index contributed by atoms with van der Waals surface area (Å²) in [5.74, 6) is 0.957. The SMILES string of the molecule is CC1CSCCN1S(=O)(=O)c1cc(F)ccc1CN. The van der Waals surface area contributed by atoms with Gasteiger partial charge in [-0.05, 0) is 24.6 Å². The summed E-state index contributed by atoms with van der Waals surface area (Å²) in [5.41, 5.74) is 6.00. The standard InChI is InChI=1S/C12H17FN2O2S2/c1-9-8-18-5-4-15(9)19(16,17)12-6-11(13)3-2-10(12)7-14/h2-3,6,9H,4-5,7-8,14H2,1H3. The van der Waals surface area contributed by atoms with Crippen molar-refractivity contribution in [2.45, 2.75) is 24.4 Å². The van der Waals surface area contributed by atoms with Crippen molar-refractivity contribution in [2.24, 2.45) is 5.73 Å². The Morgan fingerprint density at radius 1 is 1.53 bits per heavy atom. The van der Waals surface area contributed by atoms with Crippen LogP contribution < -0.4 is 5.73 Å². The lowest BCUT2D eigenvalue weighted by Crippen LogP contribution is -2.44. The quantitative estimate of drug-likeness (QED) is 0.917. The van der Waals surface area contributed by atoms with Crippen LogP contribution in [0.1, 0.15) is 12.5 Å². The highest BCUT2D eigenvalue weighted by Crippen LogP contribution is 2.27. The highest BCUT2D eigenvalue weighted by atomic mass is 32.2. The second kappa shape index (κ2) is 5.78. The smallest absolute Gasteiger partial charge is 0.243 e. The molecule has 0 aromatic heterocycles. The van der Waals surface area contributed by atoms with E-state index in [-0.39, 0.29) is 17.5 Å². The van der Waals surface area contributed by atoms with Gasteiger partial charge in [-0.2, -0.15) is 16.1 Å². The molecule has 0 spiro atoms. The summed E-state index contributed by atoms with van der Waals surface area (Å²) in [4.78, 5) is -0.00579. The lowest BCUT2D eigenvalue weighted by atomic mass is 10.2. The maximum atomic E-state index is 13.4. The van der Waals surface area contributed by atoms with Gasteiger partial charge in [0.05, 0.1) is 4.90 Å². The molecule has 1 aliphatic rings. The fraction of sp³-hybridized carbons (Fsp3) is 0.500. The van der Waals surface area contributed by atoms with Gasteiger partial charge in [0.25, 0.3) is 0 Å². The van der Waals surface area contributed by atoms with Crippen LogP contribution in [0.4, 0.5) is 4.39 Å². The first kappa shape index (κ1) is 14.8. The molecule has 1 unspecified atom stereocenters. The maximum absolute atomic E-state index is 13.4. The Balaban J connectivity index is 2.46. The predicted molar refractivity (Wildman–Crippen MR) is 75.0 cm³/mol. The summed E-state index contributed by atoms with van der Waals surface area (Å²) in [6, 6.07) is 3.64. The summed E-state index contributed by atoms with van der Waals surface area (Å²) >= 11 is 1.73. The number of nitrogens with zero attached hydrogens (tertiary/aromatic N) is 1. The monoisotopic (exact) mass is 304 g/mol. The zero-order chi connectivity index (χ0) is 14.0. The Kier molecular flexibility index (Phi) is 4.50. The van der Waals surface area contributed by atoms with Crippen LogP contribution in [-0.2, 0) is 16.6 Å². The summed E-state index contributed by atoms with van der Waals surface area (Å²) in [5, 5.41) is 0. The van der Waals surface area contributed by atoms with Crippen molar-refractivity contribution in [1.29, 1.82) is 0 Å². The van der Waals surface area contributed by atoms with Gasteiger partial charge in [-0.3, -0.25) is 0 Å².